The lowest BCUT2D eigenvalue weighted by Crippen LogP contribution is -2.31. The molecule has 6 aliphatic carbocycles. The summed E-state index contributed by atoms with van der Waals surface area (Å²) < 4.78 is 0. The van der Waals surface area contributed by atoms with E-state index < -0.39 is 5.41 Å². The molecular formula is C69H63N. The highest BCUT2D eigenvalue weighted by molar-refractivity contribution is 5.99. The third-order valence-corrected chi connectivity index (χ3v) is 16.5. The van der Waals surface area contributed by atoms with E-state index in [4.69, 9.17) is 0 Å². The van der Waals surface area contributed by atoms with Gasteiger partial charge in [-0.05, 0) is 189 Å². The molecule has 344 valence electrons. The maximum atomic E-state index is 2.63. The van der Waals surface area contributed by atoms with Gasteiger partial charge in [0.1, 0.15) is 0 Å². The molecule has 0 N–H and O–H groups in total. The molecule has 0 unspecified atom stereocenters. The summed E-state index contributed by atoms with van der Waals surface area (Å²) in [5.74, 6) is 0. The summed E-state index contributed by atoms with van der Waals surface area (Å²) in [4.78, 5) is 2.63. The fourth-order valence-electron chi connectivity index (χ4n) is 13.1. The summed E-state index contributed by atoms with van der Waals surface area (Å²) in [6.07, 6.45) is 37.2. The van der Waals surface area contributed by atoms with Crippen LogP contribution in [0.1, 0.15) is 119 Å². The summed E-state index contributed by atoms with van der Waals surface area (Å²) in [5.41, 5.74) is 26.8. The van der Waals surface area contributed by atoms with Crippen molar-refractivity contribution < 1.29 is 0 Å². The zero-order valence-electron chi connectivity index (χ0n) is 41.7. The Morgan fingerprint density at radius 3 is 1.80 bits per heavy atom. The zero-order chi connectivity index (χ0) is 47.8. The molecule has 1 heteroatoms. The molecule has 0 amide bonds. The average molecular weight is 906 g/mol. The molecule has 0 saturated heterocycles. The van der Waals surface area contributed by atoms with Crippen molar-refractivity contribution >= 4 is 28.2 Å². The highest BCUT2D eigenvalue weighted by Crippen LogP contribution is 2.62. The summed E-state index contributed by atoms with van der Waals surface area (Å²) in [7, 11) is 0. The Kier molecular flexibility index (Phi) is 10.7. The maximum Gasteiger partial charge on any atom is 0.0704 e. The number of anilines is 3. The van der Waals surface area contributed by atoms with Gasteiger partial charge in [0, 0.05) is 27.8 Å². The molecule has 0 heterocycles. The lowest BCUT2D eigenvalue weighted by atomic mass is 9.64. The number of hydrogen-bond donors (Lipinski definition) is 0. The molecule has 0 spiro atoms. The van der Waals surface area contributed by atoms with Gasteiger partial charge in [-0.25, -0.2) is 0 Å². The molecule has 0 atom stereocenters. The Balaban J connectivity index is 1.14. The number of allylic oxidation sites excluding steroid dienone is 18. The van der Waals surface area contributed by atoms with Crippen molar-refractivity contribution in [2.45, 2.75) is 96.3 Å². The van der Waals surface area contributed by atoms with Gasteiger partial charge in [0.25, 0.3) is 0 Å². The minimum Gasteiger partial charge on any atom is -0.310 e. The fourth-order valence-corrected chi connectivity index (χ4v) is 13.1. The summed E-state index contributed by atoms with van der Waals surface area (Å²) in [6.45, 7) is 13.9. The van der Waals surface area contributed by atoms with Gasteiger partial charge >= 0.3 is 0 Å². The molecule has 6 aliphatic rings. The van der Waals surface area contributed by atoms with Crippen LogP contribution < -0.4 is 4.90 Å². The quantitative estimate of drug-likeness (QED) is 0.131. The molecule has 6 aromatic carbocycles. The maximum absolute atomic E-state index is 2.63. The number of hydrogen-bond acceptors (Lipinski definition) is 1. The Hall–Kier alpha value is -7.22. The van der Waals surface area contributed by atoms with Crippen molar-refractivity contribution in [3.05, 3.63) is 256 Å². The largest absolute Gasteiger partial charge is 0.310 e. The van der Waals surface area contributed by atoms with Crippen LogP contribution in [-0.4, -0.2) is 0 Å². The molecule has 1 nitrogen and oxygen atoms in total. The first kappa shape index (κ1) is 44.0. The van der Waals surface area contributed by atoms with E-state index in [0.717, 1.165) is 38.5 Å². The van der Waals surface area contributed by atoms with Crippen LogP contribution in [0, 0.1) is 0 Å². The molecule has 0 saturated carbocycles. The van der Waals surface area contributed by atoms with Gasteiger partial charge in [0.2, 0.25) is 0 Å². The molecule has 0 bridgehead atoms. The van der Waals surface area contributed by atoms with Crippen molar-refractivity contribution in [3.63, 3.8) is 0 Å². The predicted octanol–water partition coefficient (Wildman–Crippen LogP) is 18.9. The van der Waals surface area contributed by atoms with Gasteiger partial charge in [0.05, 0.1) is 11.1 Å². The number of benzene rings is 6. The van der Waals surface area contributed by atoms with Gasteiger partial charge in [-0.1, -0.05) is 186 Å². The lowest BCUT2D eigenvalue weighted by Gasteiger charge is -2.39. The van der Waals surface area contributed by atoms with Crippen LogP contribution in [0.2, 0.25) is 0 Å². The van der Waals surface area contributed by atoms with Crippen molar-refractivity contribution in [2.24, 2.45) is 0 Å². The third-order valence-electron chi connectivity index (χ3n) is 16.5. The van der Waals surface area contributed by atoms with E-state index in [1.807, 2.05) is 0 Å². The fraction of sp³-hybridized carbons (Fsp3) is 0.217. The van der Waals surface area contributed by atoms with Gasteiger partial charge in [0.15, 0.2) is 0 Å². The van der Waals surface area contributed by atoms with Crippen molar-refractivity contribution in [1.29, 1.82) is 0 Å². The van der Waals surface area contributed by atoms with Crippen LogP contribution in [0.4, 0.5) is 17.1 Å². The van der Waals surface area contributed by atoms with Crippen molar-refractivity contribution in [2.75, 3.05) is 4.90 Å². The topological polar surface area (TPSA) is 3.24 Å². The molecule has 0 radical (unpaired) electrons. The Labute approximate surface area is 416 Å². The molecule has 12 rings (SSSR count). The number of fused-ring (bicyclic) bond motifs is 9. The van der Waals surface area contributed by atoms with Crippen LogP contribution >= 0.6 is 0 Å². The SMILES string of the molecule is C\C=C/C=C(\C=C/C)c1ccc2c(c1)C(C)(C)c1cc(N(c3ccc4c(c3)C(C3=CCCC=C3)(C3=CCCC=C3)C3=CCCC=C34)c3ccc4c(c3)C(C)(C)c3ccccc3-4)c(-c3ccccc3)cc1-2. The highest BCUT2D eigenvalue weighted by atomic mass is 15.1. The summed E-state index contributed by atoms with van der Waals surface area (Å²) in [5, 5.41) is 0. The zero-order valence-corrected chi connectivity index (χ0v) is 41.7. The summed E-state index contributed by atoms with van der Waals surface area (Å²) in [6, 6.07) is 47.2. The average Bonchev–Trinajstić information content (AvgIpc) is 3.92. The Bertz CT molecular complexity index is 3400. The van der Waals surface area contributed by atoms with Crippen LogP contribution in [0.15, 0.2) is 217 Å². The van der Waals surface area contributed by atoms with E-state index in [9.17, 15) is 0 Å². The van der Waals surface area contributed by atoms with Crippen LogP contribution in [-0.2, 0) is 16.2 Å². The molecule has 0 fully saturated rings. The Morgan fingerprint density at radius 1 is 0.486 bits per heavy atom. The van der Waals surface area contributed by atoms with Crippen molar-refractivity contribution in [3.8, 4) is 33.4 Å². The Morgan fingerprint density at radius 2 is 1.09 bits per heavy atom. The van der Waals surface area contributed by atoms with E-state index in [-0.39, 0.29) is 10.8 Å². The normalized spacial score (nSPS) is 18.6. The van der Waals surface area contributed by atoms with Crippen LogP contribution in [0.25, 0.3) is 44.5 Å². The lowest BCUT2D eigenvalue weighted by molar-refractivity contribution is 0.660. The minimum atomic E-state index is -0.395. The molecule has 70 heavy (non-hydrogen) atoms. The first-order valence-electron chi connectivity index (χ1n) is 25.9. The minimum absolute atomic E-state index is 0.163. The van der Waals surface area contributed by atoms with E-state index in [0.29, 0.717) is 0 Å². The second kappa shape index (κ2) is 17.0. The monoisotopic (exact) mass is 905 g/mol. The van der Waals surface area contributed by atoms with Crippen LogP contribution in [0.3, 0.4) is 0 Å². The third kappa shape index (κ3) is 6.65. The van der Waals surface area contributed by atoms with Crippen molar-refractivity contribution in [1.82, 2.24) is 0 Å². The van der Waals surface area contributed by atoms with E-state index in [2.05, 4.69) is 247 Å². The summed E-state index contributed by atoms with van der Waals surface area (Å²) >= 11 is 0. The second-order valence-corrected chi connectivity index (χ2v) is 21.1. The highest BCUT2D eigenvalue weighted by Gasteiger charge is 2.50. The van der Waals surface area contributed by atoms with E-state index >= 15 is 0 Å². The number of nitrogens with zero attached hydrogens (tertiary/aromatic N) is 1. The first-order valence-corrected chi connectivity index (χ1v) is 25.9. The molecule has 6 aromatic rings. The van der Waals surface area contributed by atoms with Gasteiger partial charge in [-0.15, -0.1) is 0 Å². The van der Waals surface area contributed by atoms with Gasteiger partial charge < -0.3 is 4.90 Å². The van der Waals surface area contributed by atoms with E-state index in [1.54, 1.807) is 0 Å². The molecule has 0 aromatic heterocycles. The second-order valence-electron chi connectivity index (χ2n) is 21.1. The smallest absolute Gasteiger partial charge is 0.0704 e. The molecule has 0 aliphatic heterocycles. The molecular weight excluding hydrogens is 843 g/mol. The van der Waals surface area contributed by atoms with Crippen LogP contribution in [0.5, 0.6) is 0 Å². The number of rotatable bonds is 9. The van der Waals surface area contributed by atoms with Gasteiger partial charge in [-0.3, -0.25) is 0 Å². The van der Waals surface area contributed by atoms with Gasteiger partial charge in [-0.2, -0.15) is 0 Å². The van der Waals surface area contributed by atoms with E-state index in [1.165, 1.54) is 117 Å². The standard InChI is InChI=1S/C69H63N/c1-7-9-24-46(23-8-2)48-35-38-57-59-44-58(47-25-13-10-14-26-47)66(45-64(59)68(5,6)62(57)41-48)70(51-36-39-55-53-31-19-21-33-60(53)67(3,4)63(55)42-51)52-37-40-56-54-32-20-22-34-61(54)69(65(56)43-52,49-27-15-11-16-28-49)50-29-17-12-18-30-50/h7-10,13-15,17,19,21,23-45H,11-12,16,18,20,22H2,1-6H3/b9-7-,23-8-,46-24+. The predicted molar refractivity (Wildman–Crippen MR) is 299 cm³/mol. The first-order chi connectivity index (χ1) is 34.2.